The van der Waals surface area contributed by atoms with E-state index in [9.17, 15) is 5.11 Å². The largest absolute Gasteiger partial charge is 0.393 e. The zero-order valence-electron chi connectivity index (χ0n) is 13.9. The van der Waals surface area contributed by atoms with Crippen LogP contribution in [0.25, 0.3) is 0 Å². The van der Waals surface area contributed by atoms with Crippen molar-refractivity contribution in [3.63, 3.8) is 0 Å². The first-order chi connectivity index (χ1) is 9.95. The molecule has 2 heteroatoms. The van der Waals surface area contributed by atoms with Gasteiger partial charge in [-0.1, -0.05) is 13.8 Å². The van der Waals surface area contributed by atoms with E-state index in [1.807, 2.05) is 0 Å². The Labute approximate surface area is 129 Å². The normalized spacial score (nSPS) is 60.0. The monoisotopic (exact) mass is 291 g/mol. The molecule has 0 aromatic heterocycles. The van der Waals surface area contributed by atoms with Crippen molar-refractivity contribution in [1.29, 1.82) is 0 Å². The van der Waals surface area contributed by atoms with Gasteiger partial charge in [0.05, 0.1) is 6.10 Å². The van der Waals surface area contributed by atoms with E-state index in [1.54, 1.807) is 0 Å². The number of hydrogen-bond acceptors (Lipinski definition) is 2. The van der Waals surface area contributed by atoms with Crippen LogP contribution in [0.4, 0.5) is 0 Å². The minimum Gasteiger partial charge on any atom is -0.393 e. The molecule has 4 aliphatic rings. The van der Waals surface area contributed by atoms with Crippen molar-refractivity contribution < 1.29 is 5.11 Å². The van der Waals surface area contributed by atoms with Crippen LogP contribution in [0.5, 0.6) is 0 Å². The molecule has 4 saturated carbocycles. The average Bonchev–Trinajstić information content (AvgIpc) is 2.76. The van der Waals surface area contributed by atoms with Crippen molar-refractivity contribution >= 4 is 0 Å². The number of hydrogen-bond donors (Lipinski definition) is 2. The summed E-state index contributed by atoms with van der Waals surface area (Å²) in [5, 5.41) is 10.5. The molecule has 0 radical (unpaired) electrons. The topological polar surface area (TPSA) is 46.2 Å². The molecular weight excluding hydrogens is 258 g/mol. The number of aliphatic hydroxyl groups is 1. The fourth-order valence-electron chi connectivity index (χ4n) is 7.26. The third-order valence-corrected chi connectivity index (χ3v) is 8.66. The molecule has 4 aliphatic carbocycles. The maximum atomic E-state index is 10.5. The van der Waals surface area contributed by atoms with Gasteiger partial charge >= 0.3 is 0 Å². The van der Waals surface area contributed by atoms with Crippen molar-refractivity contribution in [3.8, 4) is 0 Å². The highest BCUT2D eigenvalue weighted by atomic mass is 16.3. The summed E-state index contributed by atoms with van der Waals surface area (Å²) in [6.45, 7) is 4.98. The summed E-state index contributed by atoms with van der Waals surface area (Å²) in [5.74, 6) is 3.46. The second-order valence-corrected chi connectivity index (χ2v) is 9.33. The first kappa shape index (κ1) is 14.5. The molecule has 3 N–H and O–H groups in total. The van der Waals surface area contributed by atoms with Crippen molar-refractivity contribution in [2.75, 3.05) is 0 Å². The highest BCUT2D eigenvalue weighted by Gasteiger charge is 2.59. The quantitative estimate of drug-likeness (QED) is 0.714. The van der Waals surface area contributed by atoms with E-state index in [2.05, 4.69) is 13.8 Å². The second-order valence-electron chi connectivity index (χ2n) is 9.33. The Morgan fingerprint density at radius 1 is 0.857 bits per heavy atom. The van der Waals surface area contributed by atoms with Gasteiger partial charge in [0, 0.05) is 6.04 Å². The molecule has 4 rings (SSSR count). The summed E-state index contributed by atoms with van der Waals surface area (Å²) in [6.07, 6.45) is 11.6. The Balaban J connectivity index is 1.62. The lowest BCUT2D eigenvalue weighted by atomic mass is 9.45. The van der Waals surface area contributed by atoms with Crippen LogP contribution in [-0.2, 0) is 0 Å². The summed E-state index contributed by atoms with van der Waals surface area (Å²) in [6, 6.07) is 0.460. The SMILES string of the molecule is C[C@]12CC[C@@H](N)C[C@@H]1CC[C@@H]1[C@@H]2CC[C@]2(C)[C@@H](O)CC[C@@H]12. The molecule has 8 atom stereocenters. The van der Waals surface area contributed by atoms with Crippen molar-refractivity contribution in [3.05, 3.63) is 0 Å². The van der Waals surface area contributed by atoms with Crippen LogP contribution in [0.15, 0.2) is 0 Å². The first-order valence-electron chi connectivity index (χ1n) is 9.39. The maximum absolute atomic E-state index is 10.5. The molecule has 0 unspecified atom stereocenters. The minimum absolute atomic E-state index is 0.0336. The van der Waals surface area contributed by atoms with Crippen LogP contribution in [-0.4, -0.2) is 17.3 Å². The molecule has 0 amide bonds. The predicted octanol–water partition coefficient (Wildman–Crippen LogP) is 3.72. The summed E-state index contributed by atoms with van der Waals surface area (Å²) in [5.41, 5.74) is 7.04. The van der Waals surface area contributed by atoms with Crippen molar-refractivity contribution in [2.45, 2.75) is 83.8 Å². The smallest absolute Gasteiger partial charge is 0.0596 e. The Kier molecular flexibility index (Phi) is 3.25. The molecule has 21 heavy (non-hydrogen) atoms. The third-order valence-electron chi connectivity index (χ3n) is 8.66. The highest BCUT2D eigenvalue weighted by Crippen LogP contribution is 2.66. The highest BCUT2D eigenvalue weighted by molar-refractivity contribution is 5.09. The molecular formula is C19H33NO. The molecule has 0 aliphatic heterocycles. The Morgan fingerprint density at radius 3 is 2.38 bits per heavy atom. The summed E-state index contributed by atoms with van der Waals surface area (Å²) >= 11 is 0. The minimum atomic E-state index is -0.0336. The molecule has 0 aromatic carbocycles. The van der Waals surface area contributed by atoms with Gasteiger partial charge in [-0.2, -0.15) is 0 Å². The fraction of sp³-hybridized carbons (Fsp3) is 1.00. The molecule has 0 bridgehead atoms. The van der Waals surface area contributed by atoms with Gasteiger partial charge in [-0.25, -0.2) is 0 Å². The Hall–Kier alpha value is -0.0800. The van der Waals surface area contributed by atoms with E-state index in [4.69, 9.17) is 5.73 Å². The van der Waals surface area contributed by atoms with E-state index in [0.717, 1.165) is 30.1 Å². The van der Waals surface area contributed by atoms with Crippen LogP contribution >= 0.6 is 0 Å². The fourth-order valence-corrected chi connectivity index (χ4v) is 7.26. The van der Waals surface area contributed by atoms with Crippen LogP contribution in [0, 0.1) is 34.5 Å². The van der Waals surface area contributed by atoms with Crippen molar-refractivity contribution in [1.82, 2.24) is 0 Å². The van der Waals surface area contributed by atoms with Gasteiger partial charge in [0.1, 0.15) is 0 Å². The summed E-state index contributed by atoms with van der Waals surface area (Å²) < 4.78 is 0. The van der Waals surface area contributed by atoms with Gasteiger partial charge in [-0.05, 0) is 92.3 Å². The second kappa shape index (κ2) is 4.71. The van der Waals surface area contributed by atoms with Gasteiger partial charge in [0.25, 0.3) is 0 Å². The van der Waals surface area contributed by atoms with Gasteiger partial charge in [-0.15, -0.1) is 0 Å². The van der Waals surface area contributed by atoms with Crippen LogP contribution in [0.3, 0.4) is 0 Å². The molecule has 2 nitrogen and oxygen atoms in total. The van der Waals surface area contributed by atoms with Crippen LogP contribution in [0.1, 0.15) is 71.6 Å². The van der Waals surface area contributed by atoms with Gasteiger partial charge in [0.15, 0.2) is 0 Å². The predicted molar refractivity (Wildman–Crippen MR) is 85.7 cm³/mol. The standard InChI is InChI=1S/C19H33NO/c1-18-9-7-13(20)11-12(18)3-4-14-15-5-6-17(21)19(15,2)10-8-16(14)18/h12-17,21H,3-11,20H2,1-2H3/t12-,13+,14-,15-,16-,17-,18-,19-/m0/s1. The van der Waals surface area contributed by atoms with E-state index in [0.29, 0.717) is 11.5 Å². The number of rotatable bonds is 0. The molecule has 4 fully saturated rings. The molecule has 120 valence electrons. The van der Waals surface area contributed by atoms with E-state index >= 15 is 0 Å². The Morgan fingerprint density at radius 2 is 1.57 bits per heavy atom. The van der Waals surface area contributed by atoms with E-state index in [1.165, 1.54) is 51.4 Å². The maximum Gasteiger partial charge on any atom is 0.0596 e. The molecule has 0 spiro atoms. The Bertz CT molecular complexity index is 424. The number of aliphatic hydroxyl groups excluding tert-OH is 1. The number of fused-ring (bicyclic) bond motifs is 5. The average molecular weight is 291 g/mol. The summed E-state index contributed by atoms with van der Waals surface area (Å²) in [4.78, 5) is 0. The number of nitrogens with two attached hydrogens (primary N) is 1. The zero-order chi connectivity index (χ0) is 14.8. The lowest BCUT2D eigenvalue weighted by Crippen LogP contribution is -2.55. The first-order valence-corrected chi connectivity index (χ1v) is 9.39. The van der Waals surface area contributed by atoms with Gasteiger partial charge < -0.3 is 10.8 Å². The van der Waals surface area contributed by atoms with Crippen LogP contribution < -0.4 is 5.73 Å². The summed E-state index contributed by atoms with van der Waals surface area (Å²) in [7, 11) is 0. The molecule has 0 aromatic rings. The van der Waals surface area contributed by atoms with Gasteiger partial charge in [-0.3, -0.25) is 0 Å². The zero-order valence-corrected chi connectivity index (χ0v) is 13.9. The third kappa shape index (κ3) is 1.91. The van der Waals surface area contributed by atoms with E-state index in [-0.39, 0.29) is 11.5 Å². The molecule has 0 saturated heterocycles. The lowest BCUT2D eigenvalue weighted by molar-refractivity contribution is -0.122. The lowest BCUT2D eigenvalue weighted by Gasteiger charge is -2.60. The van der Waals surface area contributed by atoms with E-state index < -0.39 is 0 Å². The van der Waals surface area contributed by atoms with Crippen LogP contribution in [0.2, 0.25) is 0 Å². The van der Waals surface area contributed by atoms with Gasteiger partial charge in [0.2, 0.25) is 0 Å². The van der Waals surface area contributed by atoms with Crippen molar-refractivity contribution in [2.24, 2.45) is 40.2 Å². The molecule has 0 heterocycles.